The van der Waals surface area contributed by atoms with Crippen LogP contribution in [0.2, 0.25) is 0 Å². The predicted molar refractivity (Wildman–Crippen MR) is 131 cm³/mol. The number of halogens is 1. The van der Waals surface area contributed by atoms with Crippen LogP contribution in [0, 0.1) is 24.3 Å². The van der Waals surface area contributed by atoms with Gasteiger partial charge in [-0.3, -0.25) is 0 Å². The van der Waals surface area contributed by atoms with Crippen LogP contribution in [0.25, 0.3) is 11.1 Å². The average molecular weight is 486 g/mol. The zero-order chi connectivity index (χ0) is 20.2. The van der Waals surface area contributed by atoms with Gasteiger partial charge in [-0.25, -0.2) is 0 Å². The van der Waals surface area contributed by atoms with Crippen LogP contribution in [-0.2, 0) is 5.41 Å². The summed E-state index contributed by atoms with van der Waals surface area (Å²) in [5.74, 6) is 0. The molecule has 0 bridgehead atoms. The van der Waals surface area contributed by atoms with E-state index in [0.717, 1.165) is 0 Å². The van der Waals surface area contributed by atoms with Crippen molar-refractivity contribution in [2.45, 2.75) is 26.2 Å². The minimum Gasteiger partial charge on any atom is -0.0619 e. The van der Waals surface area contributed by atoms with Crippen molar-refractivity contribution in [2.24, 2.45) is 0 Å². The molecule has 0 nitrogen and oxygen atoms in total. The fourth-order valence-corrected chi connectivity index (χ4v) is 5.21. The van der Waals surface area contributed by atoms with Crippen LogP contribution in [0.5, 0.6) is 0 Å². The maximum atomic E-state index is 2.43. The van der Waals surface area contributed by atoms with E-state index < -0.39 is 0 Å². The Morgan fingerprint density at radius 2 is 1.07 bits per heavy atom. The second-order valence-electron chi connectivity index (χ2n) is 8.10. The summed E-state index contributed by atoms with van der Waals surface area (Å²) in [5, 5.41) is 0. The van der Waals surface area contributed by atoms with Crippen LogP contribution in [0.15, 0.2) is 84.9 Å². The van der Waals surface area contributed by atoms with Crippen LogP contribution in [0.3, 0.4) is 0 Å². The Morgan fingerprint density at radius 3 is 1.62 bits per heavy atom. The molecule has 0 saturated carbocycles. The Labute approximate surface area is 186 Å². The molecule has 0 saturated heterocycles. The number of rotatable bonds is 2. The molecule has 0 atom stereocenters. The second-order valence-corrected chi connectivity index (χ2v) is 9.27. The zero-order valence-corrected chi connectivity index (χ0v) is 19.1. The van der Waals surface area contributed by atoms with Crippen molar-refractivity contribution in [2.75, 3.05) is 0 Å². The molecule has 29 heavy (non-hydrogen) atoms. The molecule has 4 aromatic carbocycles. The largest absolute Gasteiger partial charge is 0.0713 e. The SMILES string of the molecule is Cc1ccc(C2(c3ccc(I)c(C)c3)c3ccccc3-c3ccccc32)cc1C. The maximum absolute atomic E-state index is 2.43. The van der Waals surface area contributed by atoms with Crippen LogP contribution in [0.1, 0.15) is 38.9 Å². The fraction of sp³-hybridized carbons (Fsp3) is 0.143. The van der Waals surface area contributed by atoms with Gasteiger partial charge >= 0.3 is 0 Å². The first-order valence-electron chi connectivity index (χ1n) is 10.1. The third-order valence-corrected chi connectivity index (χ3v) is 7.69. The molecule has 0 radical (unpaired) electrons. The van der Waals surface area contributed by atoms with Gasteiger partial charge in [-0.05, 0) is 99.5 Å². The number of benzene rings is 4. The van der Waals surface area contributed by atoms with Gasteiger partial charge in [0.25, 0.3) is 0 Å². The molecule has 1 heteroatoms. The summed E-state index contributed by atoms with van der Waals surface area (Å²) < 4.78 is 1.31. The first-order valence-corrected chi connectivity index (χ1v) is 11.1. The van der Waals surface area contributed by atoms with Gasteiger partial charge in [0.05, 0.1) is 5.41 Å². The average Bonchev–Trinajstić information content (AvgIpc) is 3.04. The summed E-state index contributed by atoms with van der Waals surface area (Å²) in [5.41, 5.74) is 11.8. The molecule has 0 unspecified atom stereocenters. The van der Waals surface area contributed by atoms with E-state index in [2.05, 4.69) is 128 Å². The van der Waals surface area contributed by atoms with Gasteiger partial charge in [0, 0.05) is 3.57 Å². The van der Waals surface area contributed by atoms with Gasteiger partial charge in [-0.2, -0.15) is 0 Å². The first-order chi connectivity index (χ1) is 14.0. The van der Waals surface area contributed by atoms with E-state index in [0.29, 0.717) is 0 Å². The van der Waals surface area contributed by atoms with E-state index in [1.165, 1.54) is 53.6 Å². The lowest BCUT2D eigenvalue weighted by atomic mass is 9.67. The van der Waals surface area contributed by atoms with E-state index in [1.807, 2.05) is 0 Å². The summed E-state index contributed by atoms with van der Waals surface area (Å²) in [4.78, 5) is 0. The predicted octanol–water partition coefficient (Wildman–Crippen LogP) is 7.58. The molecule has 0 aromatic heterocycles. The zero-order valence-electron chi connectivity index (χ0n) is 17.0. The molecule has 0 aliphatic heterocycles. The third kappa shape index (κ3) is 2.63. The smallest absolute Gasteiger partial charge is 0.0619 e. The number of fused-ring (bicyclic) bond motifs is 3. The Kier molecular flexibility index (Phi) is 4.40. The van der Waals surface area contributed by atoms with Crippen molar-refractivity contribution in [1.29, 1.82) is 0 Å². The van der Waals surface area contributed by atoms with Crippen molar-refractivity contribution >= 4 is 22.6 Å². The van der Waals surface area contributed by atoms with Crippen LogP contribution in [-0.4, -0.2) is 0 Å². The Bertz CT molecular complexity index is 1150. The molecular weight excluding hydrogens is 463 g/mol. The molecule has 0 spiro atoms. The molecule has 0 amide bonds. The number of hydrogen-bond donors (Lipinski definition) is 0. The topological polar surface area (TPSA) is 0 Å². The normalized spacial score (nSPS) is 13.8. The molecule has 0 fully saturated rings. The lowest BCUT2D eigenvalue weighted by molar-refractivity contribution is 0.765. The molecule has 1 aliphatic rings. The van der Waals surface area contributed by atoms with Gasteiger partial charge in [0.15, 0.2) is 0 Å². The van der Waals surface area contributed by atoms with Gasteiger partial charge in [0.2, 0.25) is 0 Å². The maximum Gasteiger partial charge on any atom is 0.0713 e. The van der Waals surface area contributed by atoms with Crippen molar-refractivity contribution in [3.05, 3.63) is 127 Å². The van der Waals surface area contributed by atoms with E-state index >= 15 is 0 Å². The monoisotopic (exact) mass is 486 g/mol. The number of aryl methyl sites for hydroxylation is 3. The van der Waals surface area contributed by atoms with Gasteiger partial charge < -0.3 is 0 Å². The highest BCUT2D eigenvalue weighted by Crippen LogP contribution is 2.56. The number of hydrogen-bond acceptors (Lipinski definition) is 0. The van der Waals surface area contributed by atoms with Gasteiger partial charge in [-0.15, -0.1) is 0 Å². The molecule has 4 aromatic rings. The van der Waals surface area contributed by atoms with Gasteiger partial charge in [0.1, 0.15) is 0 Å². The van der Waals surface area contributed by atoms with E-state index in [9.17, 15) is 0 Å². The minimum atomic E-state index is -0.291. The van der Waals surface area contributed by atoms with Crippen LogP contribution >= 0.6 is 22.6 Å². The first kappa shape index (κ1) is 18.6. The Morgan fingerprint density at radius 1 is 0.552 bits per heavy atom. The highest BCUT2D eigenvalue weighted by molar-refractivity contribution is 14.1. The van der Waals surface area contributed by atoms with Crippen molar-refractivity contribution in [1.82, 2.24) is 0 Å². The van der Waals surface area contributed by atoms with Crippen LogP contribution in [0.4, 0.5) is 0 Å². The molecule has 1 aliphatic carbocycles. The quantitative estimate of drug-likeness (QED) is 0.226. The summed E-state index contributed by atoms with van der Waals surface area (Å²) in [7, 11) is 0. The lowest BCUT2D eigenvalue weighted by Crippen LogP contribution is -2.29. The summed E-state index contributed by atoms with van der Waals surface area (Å²) >= 11 is 2.43. The van der Waals surface area contributed by atoms with E-state index in [4.69, 9.17) is 0 Å². The summed E-state index contributed by atoms with van der Waals surface area (Å²) in [6.45, 7) is 6.63. The van der Waals surface area contributed by atoms with E-state index in [-0.39, 0.29) is 5.41 Å². The second kappa shape index (κ2) is 6.84. The lowest BCUT2D eigenvalue weighted by Gasteiger charge is -2.34. The Hall–Kier alpha value is -2.39. The van der Waals surface area contributed by atoms with Crippen molar-refractivity contribution < 1.29 is 0 Å². The Balaban J connectivity index is 1.97. The fourth-order valence-electron chi connectivity index (χ4n) is 4.88. The summed E-state index contributed by atoms with van der Waals surface area (Å²) in [6.07, 6.45) is 0. The highest BCUT2D eigenvalue weighted by atomic mass is 127. The summed E-state index contributed by atoms with van der Waals surface area (Å²) in [6, 6.07) is 31.8. The minimum absolute atomic E-state index is 0.291. The van der Waals surface area contributed by atoms with Gasteiger partial charge in [-0.1, -0.05) is 78.9 Å². The molecule has 0 N–H and O–H groups in total. The van der Waals surface area contributed by atoms with Crippen molar-refractivity contribution in [3.8, 4) is 11.1 Å². The van der Waals surface area contributed by atoms with Crippen LogP contribution < -0.4 is 0 Å². The molecule has 5 rings (SSSR count). The highest BCUT2D eigenvalue weighted by Gasteiger charge is 2.46. The van der Waals surface area contributed by atoms with Crippen molar-refractivity contribution in [3.63, 3.8) is 0 Å². The standard InChI is InChI=1S/C28H23I/c1-18-12-13-21(16-19(18)2)28(22-14-15-27(29)20(3)17-22)25-10-6-4-8-23(25)24-9-5-7-11-26(24)28/h4-17H,1-3H3. The molecular formula is C28H23I. The molecule has 0 heterocycles. The van der Waals surface area contributed by atoms with E-state index in [1.54, 1.807) is 0 Å². The third-order valence-electron chi connectivity index (χ3n) is 6.48. The molecule has 142 valence electrons.